The molecular formula is C9H13NO5S. The maximum Gasteiger partial charge on any atom is 0.307 e. The summed E-state index contributed by atoms with van der Waals surface area (Å²) in [7, 11) is -2.31. The first-order valence-corrected chi connectivity index (χ1v) is 6.01. The zero-order valence-electron chi connectivity index (χ0n) is 8.95. The van der Waals surface area contributed by atoms with Crippen molar-refractivity contribution >= 4 is 16.0 Å². The first-order chi connectivity index (χ1) is 7.35. The molecule has 0 bridgehead atoms. The summed E-state index contributed by atoms with van der Waals surface area (Å²) in [4.78, 5) is 10.6. The van der Waals surface area contributed by atoms with Gasteiger partial charge in [-0.05, 0) is 6.07 Å². The number of furan rings is 1. The van der Waals surface area contributed by atoms with Gasteiger partial charge in [0, 0.05) is 13.6 Å². The van der Waals surface area contributed by atoms with Gasteiger partial charge in [0.25, 0.3) is 0 Å². The maximum atomic E-state index is 11.8. The lowest BCUT2D eigenvalue weighted by atomic mass is 10.2. The van der Waals surface area contributed by atoms with Crippen molar-refractivity contribution in [3.8, 4) is 0 Å². The number of hydrogen-bond acceptors (Lipinski definition) is 4. The third kappa shape index (κ3) is 2.61. The molecular weight excluding hydrogens is 234 g/mol. The van der Waals surface area contributed by atoms with Gasteiger partial charge in [-0.2, -0.15) is 4.31 Å². The Morgan fingerprint density at radius 2 is 2.25 bits per heavy atom. The summed E-state index contributed by atoms with van der Waals surface area (Å²) in [6, 6.07) is 1.32. The van der Waals surface area contributed by atoms with E-state index in [0.717, 1.165) is 10.6 Å². The highest BCUT2D eigenvalue weighted by atomic mass is 32.2. The molecule has 6 nitrogen and oxygen atoms in total. The van der Waals surface area contributed by atoms with Crippen LogP contribution in [0.25, 0.3) is 0 Å². The van der Waals surface area contributed by atoms with Gasteiger partial charge in [-0.3, -0.25) is 4.79 Å². The third-order valence-corrected chi connectivity index (χ3v) is 3.95. The Hall–Kier alpha value is -1.34. The van der Waals surface area contributed by atoms with E-state index in [9.17, 15) is 13.2 Å². The summed E-state index contributed by atoms with van der Waals surface area (Å²) in [6.45, 7) is 1.37. The Labute approximate surface area is 93.5 Å². The number of rotatable bonds is 5. The highest BCUT2D eigenvalue weighted by molar-refractivity contribution is 7.89. The summed E-state index contributed by atoms with van der Waals surface area (Å²) >= 11 is 0. The third-order valence-electron chi connectivity index (χ3n) is 2.16. The van der Waals surface area contributed by atoms with Gasteiger partial charge in [-0.25, -0.2) is 8.42 Å². The maximum absolute atomic E-state index is 11.8. The van der Waals surface area contributed by atoms with E-state index in [4.69, 9.17) is 5.11 Å². The largest absolute Gasteiger partial charge is 0.481 e. The van der Waals surface area contributed by atoms with Crippen LogP contribution in [0, 0.1) is 5.92 Å². The fourth-order valence-electron chi connectivity index (χ4n) is 1.14. The Kier molecular flexibility index (Phi) is 3.71. The molecule has 16 heavy (non-hydrogen) atoms. The van der Waals surface area contributed by atoms with Crippen molar-refractivity contribution in [2.45, 2.75) is 11.8 Å². The lowest BCUT2D eigenvalue weighted by Crippen LogP contribution is -2.33. The predicted molar refractivity (Wildman–Crippen MR) is 55.3 cm³/mol. The summed E-state index contributed by atoms with van der Waals surface area (Å²) in [5.74, 6) is -1.79. The van der Waals surface area contributed by atoms with Gasteiger partial charge in [0.1, 0.15) is 11.2 Å². The molecule has 0 saturated heterocycles. The van der Waals surface area contributed by atoms with E-state index in [0.29, 0.717) is 0 Å². The van der Waals surface area contributed by atoms with E-state index in [1.54, 1.807) is 0 Å². The van der Waals surface area contributed by atoms with E-state index in [1.165, 1.54) is 26.3 Å². The molecule has 7 heteroatoms. The quantitative estimate of drug-likeness (QED) is 0.824. The zero-order valence-corrected chi connectivity index (χ0v) is 9.77. The van der Waals surface area contributed by atoms with Crippen LogP contribution >= 0.6 is 0 Å². The predicted octanol–water partition coefficient (Wildman–Crippen LogP) is 0.621. The van der Waals surface area contributed by atoms with Crippen molar-refractivity contribution in [2.24, 2.45) is 5.92 Å². The van der Waals surface area contributed by atoms with Crippen LogP contribution in [0.2, 0.25) is 0 Å². The Morgan fingerprint density at radius 1 is 1.62 bits per heavy atom. The van der Waals surface area contributed by atoms with Crippen LogP contribution in [0.1, 0.15) is 6.92 Å². The monoisotopic (exact) mass is 247 g/mol. The van der Waals surface area contributed by atoms with Crippen molar-refractivity contribution in [2.75, 3.05) is 13.6 Å². The van der Waals surface area contributed by atoms with E-state index in [2.05, 4.69) is 4.42 Å². The van der Waals surface area contributed by atoms with Crippen molar-refractivity contribution < 1.29 is 22.7 Å². The molecule has 1 N–H and O–H groups in total. The second-order valence-electron chi connectivity index (χ2n) is 3.48. The van der Waals surface area contributed by atoms with Gasteiger partial charge in [0.2, 0.25) is 10.0 Å². The SMILES string of the molecule is CC(CN(C)S(=O)(=O)c1ccoc1)C(=O)O. The number of carbonyl (C=O) groups is 1. The molecule has 90 valence electrons. The second kappa shape index (κ2) is 4.67. The summed E-state index contributed by atoms with van der Waals surface area (Å²) in [5.41, 5.74) is 0. The van der Waals surface area contributed by atoms with Crippen LogP contribution < -0.4 is 0 Å². The highest BCUT2D eigenvalue weighted by Gasteiger charge is 2.25. The molecule has 0 saturated carbocycles. The topological polar surface area (TPSA) is 87.8 Å². The number of carboxylic acid groups (broad SMARTS) is 1. The molecule has 0 aliphatic rings. The summed E-state index contributed by atoms with van der Waals surface area (Å²) in [5, 5.41) is 8.69. The molecule has 0 amide bonds. The molecule has 1 rings (SSSR count). The van der Waals surface area contributed by atoms with Crippen molar-refractivity contribution in [3.63, 3.8) is 0 Å². The average molecular weight is 247 g/mol. The highest BCUT2D eigenvalue weighted by Crippen LogP contribution is 2.15. The zero-order chi connectivity index (χ0) is 12.3. The molecule has 0 radical (unpaired) electrons. The lowest BCUT2D eigenvalue weighted by molar-refractivity contribution is -0.141. The van der Waals surface area contributed by atoms with Gasteiger partial charge < -0.3 is 9.52 Å². The van der Waals surface area contributed by atoms with Crippen LogP contribution in [-0.2, 0) is 14.8 Å². The van der Waals surface area contributed by atoms with Gasteiger partial charge >= 0.3 is 5.97 Å². The molecule has 1 aromatic heterocycles. The molecule has 1 aromatic rings. The number of nitrogens with zero attached hydrogens (tertiary/aromatic N) is 1. The number of sulfonamides is 1. The fraction of sp³-hybridized carbons (Fsp3) is 0.444. The molecule has 1 atom stereocenters. The fourth-order valence-corrected chi connectivity index (χ4v) is 2.33. The Morgan fingerprint density at radius 3 is 2.69 bits per heavy atom. The van der Waals surface area contributed by atoms with Crippen molar-refractivity contribution in [1.82, 2.24) is 4.31 Å². The minimum Gasteiger partial charge on any atom is -0.481 e. The Balaban J connectivity index is 2.82. The molecule has 0 aliphatic carbocycles. The lowest BCUT2D eigenvalue weighted by Gasteiger charge is -2.17. The molecule has 1 unspecified atom stereocenters. The number of hydrogen-bond donors (Lipinski definition) is 1. The van der Waals surface area contributed by atoms with Crippen LogP contribution in [0.15, 0.2) is 27.9 Å². The van der Waals surface area contributed by atoms with Gasteiger partial charge in [-0.15, -0.1) is 0 Å². The minimum absolute atomic E-state index is 0.0209. The smallest absolute Gasteiger partial charge is 0.307 e. The van der Waals surface area contributed by atoms with Gasteiger partial charge in [0.15, 0.2) is 0 Å². The second-order valence-corrected chi connectivity index (χ2v) is 5.53. The molecule has 1 heterocycles. The molecule has 0 fully saturated rings. The van der Waals surface area contributed by atoms with Crippen molar-refractivity contribution in [3.05, 3.63) is 18.6 Å². The summed E-state index contributed by atoms with van der Waals surface area (Å²) < 4.78 is 29.3. The van der Waals surface area contributed by atoms with Gasteiger partial charge in [0.05, 0.1) is 12.2 Å². The van der Waals surface area contributed by atoms with Crippen LogP contribution in [-0.4, -0.2) is 37.4 Å². The molecule has 0 aromatic carbocycles. The van der Waals surface area contributed by atoms with E-state index < -0.39 is 21.9 Å². The van der Waals surface area contributed by atoms with Crippen LogP contribution in [0.5, 0.6) is 0 Å². The standard InChI is InChI=1S/C9H13NO5S/c1-7(9(11)12)5-10(2)16(13,14)8-3-4-15-6-8/h3-4,6-7H,5H2,1-2H3,(H,11,12). The van der Waals surface area contributed by atoms with E-state index >= 15 is 0 Å². The number of carboxylic acids is 1. The first-order valence-electron chi connectivity index (χ1n) is 4.57. The van der Waals surface area contributed by atoms with Crippen LogP contribution in [0.3, 0.4) is 0 Å². The number of aliphatic carboxylic acids is 1. The van der Waals surface area contributed by atoms with E-state index in [1.807, 2.05) is 0 Å². The van der Waals surface area contributed by atoms with Crippen molar-refractivity contribution in [1.29, 1.82) is 0 Å². The normalized spacial score (nSPS) is 13.9. The first kappa shape index (κ1) is 12.7. The minimum atomic E-state index is -3.65. The van der Waals surface area contributed by atoms with Crippen LogP contribution in [0.4, 0.5) is 0 Å². The average Bonchev–Trinajstić information content (AvgIpc) is 2.70. The van der Waals surface area contributed by atoms with E-state index in [-0.39, 0.29) is 11.4 Å². The summed E-state index contributed by atoms with van der Waals surface area (Å²) in [6.07, 6.45) is 2.36. The molecule has 0 aliphatic heterocycles. The Bertz CT molecular complexity index is 450. The van der Waals surface area contributed by atoms with Gasteiger partial charge in [-0.1, -0.05) is 6.92 Å². The molecule has 0 spiro atoms.